The minimum atomic E-state index is -3.19. The van der Waals surface area contributed by atoms with Gasteiger partial charge in [-0.3, -0.25) is 0 Å². The third kappa shape index (κ3) is 4.39. The molecular formula is C13H26N2O4S. The van der Waals surface area contributed by atoms with Gasteiger partial charge >= 0.3 is 0 Å². The molecule has 2 fully saturated rings. The fourth-order valence-electron chi connectivity index (χ4n) is 2.52. The van der Waals surface area contributed by atoms with E-state index in [1.54, 1.807) is 14.2 Å². The molecule has 1 N–H and O–H groups in total. The maximum atomic E-state index is 12.3. The van der Waals surface area contributed by atoms with Gasteiger partial charge in [-0.05, 0) is 32.2 Å². The second-order valence-corrected chi connectivity index (χ2v) is 7.71. The van der Waals surface area contributed by atoms with Gasteiger partial charge in [0.25, 0.3) is 0 Å². The second-order valence-electron chi connectivity index (χ2n) is 5.62. The fourth-order valence-corrected chi connectivity index (χ4v) is 4.10. The molecular weight excluding hydrogens is 280 g/mol. The highest BCUT2D eigenvalue weighted by atomic mass is 32.2. The molecule has 20 heavy (non-hydrogen) atoms. The zero-order valence-electron chi connectivity index (χ0n) is 12.4. The molecule has 118 valence electrons. The van der Waals surface area contributed by atoms with Crippen molar-refractivity contribution in [1.29, 1.82) is 0 Å². The van der Waals surface area contributed by atoms with E-state index in [-0.39, 0.29) is 18.0 Å². The summed E-state index contributed by atoms with van der Waals surface area (Å²) in [5.41, 5.74) is 0. The van der Waals surface area contributed by atoms with Gasteiger partial charge in [-0.1, -0.05) is 0 Å². The van der Waals surface area contributed by atoms with Crippen LogP contribution in [0.15, 0.2) is 0 Å². The average Bonchev–Trinajstić information content (AvgIpc) is 3.14. The minimum Gasteiger partial charge on any atom is -0.377 e. The van der Waals surface area contributed by atoms with Gasteiger partial charge in [-0.25, -0.2) is 8.42 Å². The number of hydrogen-bond donors (Lipinski definition) is 1. The first-order chi connectivity index (χ1) is 9.56. The third-order valence-corrected chi connectivity index (χ3v) is 5.91. The Bertz CT molecular complexity index is 385. The van der Waals surface area contributed by atoms with Crippen LogP contribution in [0.5, 0.6) is 0 Å². The van der Waals surface area contributed by atoms with Gasteiger partial charge in [0.1, 0.15) is 0 Å². The van der Waals surface area contributed by atoms with Gasteiger partial charge in [-0.15, -0.1) is 0 Å². The summed E-state index contributed by atoms with van der Waals surface area (Å²) in [4.78, 5) is 0. The molecule has 6 nitrogen and oxygen atoms in total. The van der Waals surface area contributed by atoms with Gasteiger partial charge in [0, 0.05) is 33.4 Å². The summed E-state index contributed by atoms with van der Waals surface area (Å²) in [7, 11) is 0.00166. The first-order valence-corrected chi connectivity index (χ1v) is 8.94. The van der Waals surface area contributed by atoms with E-state index in [2.05, 4.69) is 5.32 Å². The van der Waals surface area contributed by atoms with E-state index in [0.717, 1.165) is 13.0 Å². The smallest absolute Gasteiger partial charge is 0.214 e. The Morgan fingerprint density at radius 1 is 1.10 bits per heavy atom. The summed E-state index contributed by atoms with van der Waals surface area (Å²) in [6, 6.07) is 0.690. The standard InChI is InChI=1S/C13H26N2O4S/c1-18-12-9-15(10-13(12)19-2)20(16,17)8-4-3-7-14-11-5-6-11/h11-14H,3-10H2,1-2H3. The Morgan fingerprint density at radius 3 is 2.20 bits per heavy atom. The largest absolute Gasteiger partial charge is 0.377 e. The number of sulfonamides is 1. The highest BCUT2D eigenvalue weighted by Crippen LogP contribution is 2.20. The van der Waals surface area contributed by atoms with Crippen molar-refractivity contribution in [3.63, 3.8) is 0 Å². The molecule has 1 heterocycles. The Morgan fingerprint density at radius 2 is 1.70 bits per heavy atom. The zero-order valence-corrected chi connectivity index (χ0v) is 13.2. The van der Waals surface area contributed by atoms with Crippen LogP contribution in [-0.2, 0) is 19.5 Å². The maximum absolute atomic E-state index is 12.3. The fraction of sp³-hybridized carbons (Fsp3) is 1.00. The van der Waals surface area contributed by atoms with E-state index >= 15 is 0 Å². The van der Waals surface area contributed by atoms with Gasteiger partial charge < -0.3 is 14.8 Å². The van der Waals surface area contributed by atoms with E-state index in [1.165, 1.54) is 17.1 Å². The summed E-state index contributed by atoms with van der Waals surface area (Å²) in [6.45, 7) is 1.72. The lowest BCUT2D eigenvalue weighted by Crippen LogP contribution is -2.32. The van der Waals surface area contributed by atoms with Gasteiger partial charge in [0.05, 0.1) is 18.0 Å². The maximum Gasteiger partial charge on any atom is 0.214 e. The molecule has 0 aromatic rings. The second kappa shape index (κ2) is 7.17. The molecule has 1 saturated heterocycles. The summed E-state index contributed by atoms with van der Waals surface area (Å²) in [5.74, 6) is 0.214. The first-order valence-electron chi connectivity index (χ1n) is 7.33. The van der Waals surface area contributed by atoms with Crippen LogP contribution >= 0.6 is 0 Å². The zero-order chi connectivity index (χ0) is 14.6. The Kier molecular flexibility index (Phi) is 5.80. The van der Waals surface area contributed by atoms with E-state index in [9.17, 15) is 8.42 Å². The molecule has 0 aromatic carbocycles. The molecule has 2 unspecified atom stereocenters. The number of unbranched alkanes of at least 4 members (excludes halogenated alkanes) is 1. The van der Waals surface area contributed by atoms with Crippen LogP contribution in [0.3, 0.4) is 0 Å². The first kappa shape index (κ1) is 16.2. The summed E-state index contributed by atoms with van der Waals surface area (Å²) >= 11 is 0. The van der Waals surface area contributed by atoms with Gasteiger partial charge in [-0.2, -0.15) is 4.31 Å². The Labute approximate surface area is 121 Å². The van der Waals surface area contributed by atoms with Crippen LogP contribution in [-0.4, -0.2) is 70.6 Å². The van der Waals surface area contributed by atoms with Crippen LogP contribution in [0.4, 0.5) is 0 Å². The van der Waals surface area contributed by atoms with E-state index in [1.807, 2.05) is 0 Å². The van der Waals surface area contributed by atoms with E-state index in [0.29, 0.717) is 25.6 Å². The molecule has 1 aliphatic heterocycles. The lowest BCUT2D eigenvalue weighted by Gasteiger charge is -2.15. The van der Waals surface area contributed by atoms with E-state index in [4.69, 9.17) is 9.47 Å². The van der Waals surface area contributed by atoms with Crippen LogP contribution in [0, 0.1) is 0 Å². The van der Waals surface area contributed by atoms with Crippen LogP contribution in [0.1, 0.15) is 25.7 Å². The molecule has 0 radical (unpaired) electrons. The lowest BCUT2D eigenvalue weighted by atomic mass is 10.3. The van der Waals surface area contributed by atoms with Crippen molar-refractivity contribution in [3.05, 3.63) is 0 Å². The van der Waals surface area contributed by atoms with Crippen molar-refractivity contribution in [2.45, 2.75) is 43.9 Å². The monoisotopic (exact) mass is 306 g/mol. The summed E-state index contributed by atoms with van der Waals surface area (Å²) < 4.78 is 36.6. The molecule has 2 rings (SSSR count). The van der Waals surface area contributed by atoms with Crippen molar-refractivity contribution in [1.82, 2.24) is 9.62 Å². The number of ether oxygens (including phenoxy) is 2. The molecule has 2 atom stereocenters. The van der Waals surface area contributed by atoms with Crippen LogP contribution < -0.4 is 5.32 Å². The number of hydrogen-bond acceptors (Lipinski definition) is 5. The molecule has 0 bridgehead atoms. The third-order valence-electron chi connectivity index (χ3n) is 4.02. The predicted octanol–water partition coefficient (Wildman–Crippen LogP) is 0.194. The van der Waals surface area contributed by atoms with Gasteiger partial charge in [0.15, 0.2) is 0 Å². The minimum absolute atomic E-state index is 0.161. The lowest BCUT2D eigenvalue weighted by molar-refractivity contribution is -0.00461. The van der Waals surface area contributed by atoms with E-state index < -0.39 is 10.0 Å². The molecule has 7 heteroatoms. The van der Waals surface area contributed by atoms with Crippen LogP contribution in [0.25, 0.3) is 0 Å². The molecule has 1 aliphatic carbocycles. The Hall–Kier alpha value is -0.210. The Balaban J connectivity index is 1.71. The van der Waals surface area contributed by atoms with Crippen molar-refractivity contribution in [2.75, 3.05) is 39.6 Å². The number of rotatable bonds is 9. The number of nitrogens with zero attached hydrogens (tertiary/aromatic N) is 1. The summed E-state index contributed by atoms with van der Waals surface area (Å²) in [5, 5.41) is 3.40. The molecule has 1 saturated carbocycles. The normalized spacial score (nSPS) is 28.1. The van der Waals surface area contributed by atoms with Crippen molar-refractivity contribution in [3.8, 4) is 0 Å². The predicted molar refractivity (Wildman–Crippen MR) is 77.2 cm³/mol. The SMILES string of the molecule is COC1CN(S(=O)(=O)CCCCNC2CC2)CC1OC. The average molecular weight is 306 g/mol. The van der Waals surface area contributed by atoms with Crippen molar-refractivity contribution in [2.24, 2.45) is 0 Å². The number of nitrogens with one attached hydrogen (secondary N) is 1. The molecule has 0 amide bonds. The summed E-state index contributed by atoms with van der Waals surface area (Å²) in [6.07, 6.45) is 3.82. The molecule has 2 aliphatic rings. The molecule has 0 spiro atoms. The van der Waals surface area contributed by atoms with Crippen molar-refractivity contribution >= 4 is 10.0 Å². The topological polar surface area (TPSA) is 67.9 Å². The highest BCUT2D eigenvalue weighted by molar-refractivity contribution is 7.89. The van der Waals surface area contributed by atoms with Gasteiger partial charge in [0.2, 0.25) is 10.0 Å². The highest BCUT2D eigenvalue weighted by Gasteiger charge is 2.38. The van der Waals surface area contributed by atoms with Crippen molar-refractivity contribution < 1.29 is 17.9 Å². The molecule has 0 aromatic heterocycles. The number of methoxy groups -OCH3 is 2. The quantitative estimate of drug-likeness (QED) is 0.616. The van der Waals surface area contributed by atoms with Crippen LogP contribution in [0.2, 0.25) is 0 Å².